The van der Waals surface area contributed by atoms with Crippen molar-refractivity contribution in [3.8, 4) is 0 Å². The molecule has 0 atom stereocenters. The van der Waals surface area contributed by atoms with Crippen LogP contribution in [0.3, 0.4) is 0 Å². The van der Waals surface area contributed by atoms with E-state index in [1.165, 1.54) is 12.1 Å². The summed E-state index contributed by atoms with van der Waals surface area (Å²) >= 11 is 0. The van der Waals surface area contributed by atoms with E-state index in [-0.39, 0.29) is 17.9 Å². The Kier molecular flexibility index (Phi) is 5.06. The van der Waals surface area contributed by atoms with Gasteiger partial charge in [0, 0.05) is 24.6 Å². The van der Waals surface area contributed by atoms with Gasteiger partial charge in [-0.1, -0.05) is 0 Å². The molecule has 0 heterocycles. The number of carbonyl (C=O) groups excluding carboxylic acids is 1. The molecule has 1 aliphatic rings. The quantitative estimate of drug-likeness (QED) is 0.889. The summed E-state index contributed by atoms with van der Waals surface area (Å²) in [6.07, 6.45) is 3.83. The maximum Gasteiger partial charge on any atom is 0.223 e. The van der Waals surface area contributed by atoms with E-state index in [1.54, 1.807) is 0 Å². The third kappa shape index (κ3) is 4.27. The highest BCUT2D eigenvalue weighted by Gasteiger charge is 2.24. The lowest BCUT2D eigenvalue weighted by molar-refractivity contribution is -0.125. The number of rotatable bonds is 4. The zero-order chi connectivity index (χ0) is 14.5. The first-order chi connectivity index (χ1) is 9.54. The Bertz CT molecular complexity index is 451. The average molecular weight is 282 g/mol. The van der Waals surface area contributed by atoms with Crippen molar-refractivity contribution >= 4 is 5.91 Å². The van der Waals surface area contributed by atoms with Crippen LogP contribution in [-0.4, -0.2) is 18.5 Å². The highest BCUT2D eigenvalue weighted by Crippen LogP contribution is 2.23. The molecule has 0 saturated heterocycles. The van der Waals surface area contributed by atoms with Gasteiger partial charge in [0.2, 0.25) is 5.91 Å². The fraction of sp³-hybridized carbons (Fsp3) is 0.533. The topological polar surface area (TPSA) is 55.1 Å². The third-order valence-electron chi connectivity index (χ3n) is 3.78. The minimum atomic E-state index is -0.590. The molecule has 0 bridgehead atoms. The number of carbonyl (C=O) groups is 1. The summed E-state index contributed by atoms with van der Waals surface area (Å²) in [7, 11) is 0. The van der Waals surface area contributed by atoms with Gasteiger partial charge in [-0.25, -0.2) is 8.78 Å². The van der Waals surface area contributed by atoms with Gasteiger partial charge in [0.05, 0.1) is 0 Å². The Hall–Kier alpha value is -1.49. The first-order valence-electron chi connectivity index (χ1n) is 7.03. The maximum absolute atomic E-state index is 13.0. The second-order valence-electron chi connectivity index (χ2n) is 5.43. The normalized spacial score (nSPS) is 22.6. The summed E-state index contributed by atoms with van der Waals surface area (Å²) in [4.78, 5) is 11.9. The van der Waals surface area contributed by atoms with E-state index in [0.29, 0.717) is 18.5 Å². The first-order valence-corrected chi connectivity index (χ1v) is 7.03. The number of hydrogen-bond donors (Lipinski definition) is 2. The molecule has 1 saturated carbocycles. The van der Waals surface area contributed by atoms with Crippen molar-refractivity contribution in [3.05, 3.63) is 35.4 Å². The number of amides is 1. The predicted octanol–water partition coefficient (Wildman–Crippen LogP) is 2.14. The highest BCUT2D eigenvalue weighted by atomic mass is 19.1. The SMILES string of the molecule is NC1CCC(C(=O)NCCc2cc(F)cc(F)c2)CC1. The molecule has 3 N–H and O–H groups in total. The van der Waals surface area contributed by atoms with Crippen molar-refractivity contribution in [1.82, 2.24) is 5.32 Å². The van der Waals surface area contributed by atoms with Crippen molar-refractivity contribution in [1.29, 1.82) is 0 Å². The Morgan fingerprint density at radius 1 is 1.15 bits per heavy atom. The molecule has 110 valence electrons. The molecule has 20 heavy (non-hydrogen) atoms. The smallest absolute Gasteiger partial charge is 0.223 e. The average Bonchev–Trinajstić information content (AvgIpc) is 2.38. The van der Waals surface area contributed by atoms with Crippen LogP contribution in [0.15, 0.2) is 18.2 Å². The second kappa shape index (κ2) is 6.79. The lowest BCUT2D eigenvalue weighted by Gasteiger charge is -2.25. The van der Waals surface area contributed by atoms with Crippen LogP contribution in [0.4, 0.5) is 8.78 Å². The zero-order valence-electron chi connectivity index (χ0n) is 11.4. The summed E-state index contributed by atoms with van der Waals surface area (Å²) in [5.41, 5.74) is 6.35. The summed E-state index contributed by atoms with van der Waals surface area (Å²) < 4.78 is 26.0. The van der Waals surface area contributed by atoms with Crippen LogP contribution in [-0.2, 0) is 11.2 Å². The molecule has 0 aromatic heterocycles. The Balaban J connectivity index is 1.76. The standard InChI is InChI=1S/C15H20F2N2O/c16-12-7-10(8-13(17)9-12)5-6-19-15(20)11-1-3-14(18)4-2-11/h7-9,11,14H,1-6,18H2,(H,19,20). The Morgan fingerprint density at radius 3 is 2.35 bits per heavy atom. The first kappa shape index (κ1) is 14.9. The van der Waals surface area contributed by atoms with Crippen LogP contribution in [0.25, 0.3) is 0 Å². The van der Waals surface area contributed by atoms with Crippen molar-refractivity contribution in [2.75, 3.05) is 6.54 Å². The molecule has 0 radical (unpaired) electrons. The molecule has 1 aromatic rings. The number of benzene rings is 1. The number of nitrogens with one attached hydrogen (secondary N) is 1. The van der Waals surface area contributed by atoms with Crippen molar-refractivity contribution in [2.24, 2.45) is 11.7 Å². The van der Waals surface area contributed by atoms with Gasteiger partial charge in [-0.15, -0.1) is 0 Å². The molecule has 2 rings (SSSR count). The van der Waals surface area contributed by atoms with Gasteiger partial charge in [0.1, 0.15) is 11.6 Å². The van der Waals surface area contributed by atoms with Gasteiger partial charge in [-0.05, 0) is 49.8 Å². The third-order valence-corrected chi connectivity index (χ3v) is 3.78. The lowest BCUT2D eigenvalue weighted by Crippen LogP contribution is -2.37. The van der Waals surface area contributed by atoms with Crippen LogP contribution in [0.1, 0.15) is 31.2 Å². The summed E-state index contributed by atoms with van der Waals surface area (Å²) in [6, 6.07) is 3.63. The van der Waals surface area contributed by atoms with Crippen LogP contribution in [0.2, 0.25) is 0 Å². The number of halogens is 2. The minimum absolute atomic E-state index is 0.0220. The van der Waals surface area contributed by atoms with Crippen molar-refractivity contribution in [3.63, 3.8) is 0 Å². The molecule has 1 aromatic carbocycles. The summed E-state index contributed by atoms with van der Waals surface area (Å²) in [5, 5.41) is 2.83. The van der Waals surface area contributed by atoms with E-state index in [4.69, 9.17) is 5.73 Å². The Morgan fingerprint density at radius 2 is 1.75 bits per heavy atom. The molecule has 3 nitrogen and oxygen atoms in total. The fourth-order valence-corrected chi connectivity index (χ4v) is 2.61. The number of nitrogens with two attached hydrogens (primary N) is 1. The van der Waals surface area contributed by atoms with Gasteiger partial charge < -0.3 is 11.1 Å². The molecular weight excluding hydrogens is 262 g/mol. The van der Waals surface area contributed by atoms with E-state index in [9.17, 15) is 13.6 Å². The highest BCUT2D eigenvalue weighted by molar-refractivity contribution is 5.78. The van der Waals surface area contributed by atoms with Gasteiger partial charge in [-0.3, -0.25) is 4.79 Å². The molecule has 0 unspecified atom stereocenters. The van der Waals surface area contributed by atoms with Gasteiger partial charge in [0.15, 0.2) is 0 Å². The molecule has 0 spiro atoms. The van der Waals surface area contributed by atoms with Crippen LogP contribution in [0, 0.1) is 17.6 Å². The van der Waals surface area contributed by atoms with E-state index < -0.39 is 11.6 Å². The molecule has 0 aliphatic heterocycles. The van der Waals surface area contributed by atoms with Crippen LogP contribution < -0.4 is 11.1 Å². The van der Waals surface area contributed by atoms with E-state index in [2.05, 4.69) is 5.32 Å². The largest absolute Gasteiger partial charge is 0.356 e. The summed E-state index contributed by atoms with van der Waals surface area (Å²) in [5.74, 6) is -1.13. The molecule has 1 aliphatic carbocycles. The fourth-order valence-electron chi connectivity index (χ4n) is 2.61. The molecule has 5 heteroatoms. The van der Waals surface area contributed by atoms with Crippen molar-refractivity contribution < 1.29 is 13.6 Å². The molecule has 1 fully saturated rings. The minimum Gasteiger partial charge on any atom is -0.356 e. The summed E-state index contributed by atoms with van der Waals surface area (Å²) in [6.45, 7) is 0.393. The zero-order valence-corrected chi connectivity index (χ0v) is 11.4. The van der Waals surface area contributed by atoms with E-state index >= 15 is 0 Å². The molecular formula is C15H20F2N2O. The Labute approximate surface area is 117 Å². The van der Waals surface area contributed by atoms with Crippen molar-refractivity contribution in [2.45, 2.75) is 38.1 Å². The lowest BCUT2D eigenvalue weighted by atomic mass is 9.86. The van der Waals surface area contributed by atoms with E-state index in [1.807, 2.05) is 0 Å². The van der Waals surface area contributed by atoms with E-state index in [0.717, 1.165) is 31.7 Å². The van der Waals surface area contributed by atoms with Gasteiger partial charge in [0.25, 0.3) is 0 Å². The predicted molar refractivity (Wildman–Crippen MR) is 73.0 cm³/mol. The number of hydrogen-bond acceptors (Lipinski definition) is 2. The van der Waals surface area contributed by atoms with Gasteiger partial charge in [-0.2, -0.15) is 0 Å². The van der Waals surface area contributed by atoms with Gasteiger partial charge >= 0.3 is 0 Å². The monoisotopic (exact) mass is 282 g/mol. The maximum atomic E-state index is 13.0. The van der Waals surface area contributed by atoms with Crippen LogP contribution in [0.5, 0.6) is 0 Å². The van der Waals surface area contributed by atoms with Crippen LogP contribution >= 0.6 is 0 Å². The second-order valence-corrected chi connectivity index (χ2v) is 5.43. The molecule has 1 amide bonds.